The third-order valence-corrected chi connectivity index (χ3v) is 4.53. The number of hydrogen-bond donors (Lipinski definition) is 2. The summed E-state index contributed by atoms with van der Waals surface area (Å²) in [6.45, 7) is 7.64. The molecule has 3 nitrogen and oxygen atoms in total. The van der Waals surface area contributed by atoms with E-state index in [9.17, 15) is 4.79 Å². The molecular weight excluding hydrogens is 272 g/mol. The van der Waals surface area contributed by atoms with E-state index in [1.807, 2.05) is 18.2 Å². The summed E-state index contributed by atoms with van der Waals surface area (Å²) in [5.41, 5.74) is 2.28. The molecule has 0 aromatic heterocycles. The van der Waals surface area contributed by atoms with E-state index in [1.54, 1.807) is 11.0 Å². The summed E-state index contributed by atoms with van der Waals surface area (Å²) in [5.74, 6) is 0.00296. The van der Waals surface area contributed by atoms with E-state index in [4.69, 9.17) is 0 Å². The number of amides is 1. The Morgan fingerprint density at radius 1 is 1.41 bits per heavy atom. The average Bonchev–Trinajstić information content (AvgIpc) is 2.51. The second kappa shape index (κ2) is 8.74. The number of piperidine rings is 1. The number of aryl methyl sites for hydroxylation is 1. The van der Waals surface area contributed by atoms with Crippen molar-refractivity contribution in [1.82, 2.24) is 5.32 Å². The minimum Gasteiger partial charge on any atom is -0.352 e. The third-order valence-electron chi connectivity index (χ3n) is 4.53. The van der Waals surface area contributed by atoms with E-state index < -0.39 is 0 Å². The Labute approximate surface area is 134 Å². The van der Waals surface area contributed by atoms with Crippen LogP contribution in [0.25, 0.3) is 6.08 Å². The fraction of sp³-hybridized carbons (Fsp3) is 0.526. The van der Waals surface area contributed by atoms with Gasteiger partial charge in [-0.3, -0.25) is 4.79 Å². The number of quaternary nitrogens is 1. The molecule has 1 aromatic rings. The van der Waals surface area contributed by atoms with Gasteiger partial charge in [0, 0.05) is 19.0 Å². The highest BCUT2D eigenvalue weighted by molar-refractivity contribution is 5.91. The first-order valence-corrected chi connectivity index (χ1v) is 8.52. The number of hydrogen-bond acceptors (Lipinski definition) is 1. The molecule has 120 valence electrons. The lowest BCUT2D eigenvalue weighted by Crippen LogP contribution is -3.16. The van der Waals surface area contributed by atoms with Gasteiger partial charge in [0.25, 0.3) is 0 Å². The van der Waals surface area contributed by atoms with Crippen LogP contribution >= 0.6 is 0 Å². The molecule has 0 saturated carbocycles. The van der Waals surface area contributed by atoms with Crippen molar-refractivity contribution in [2.24, 2.45) is 0 Å². The number of carbonyl (C=O) groups is 1. The van der Waals surface area contributed by atoms with Gasteiger partial charge < -0.3 is 10.2 Å². The highest BCUT2D eigenvalue weighted by atomic mass is 16.1. The van der Waals surface area contributed by atoms with Crippen molar-refractivity contribution < 1.29 is 9.69 Å². The van der Waals surface area contributed by atoms with Gasteiger partial charge in [-0.2, -0.15) is 0 Å². The lowest BCUT2D eigenvalue weighted by Gasteiger charge is -2.30. The smallest absolute Gasteiger partial charge is 0.244 e. The number of rotatable bonds is 6. The van der Waals surface area contributed by atoms with Gasteiger partial charge in [0.1, 0.15) is 0 Å². The van der Waals surface area contributed by atoms with Gasteiger partial charge in [0.05, 0.1) is 19.1 Å². The summed E-state index contributed by atoms with van der Waals surface area (Å²) in [6, 6.07) is 8.94. The molecule has 3 heteroatoms. The summed E-state index contributed by atoms with van der Waals surface area (Å²) >= 11 is 0. The Morgan fingerprint density at radius 2 is 2.27 bits per heavy atom. The number of benzene rings is 1. The fourth-order valence-electron chi connectivity index (χ4n) is 3.16. The Balaban J connectivity index is 1.65. The van der Waals surface area contributed by atoms with Gasteiger partial charge in [-0.1, -0.05) is 29.8 Å². The average molecular weight is 301 g/mol. The van der Waals surface area contributed by atoms with E-state index >= 15 is 0 Å². The zero-order valence-electron chi connectivity index (χ0n) is 13.9. The first kappa shape index (κ1) is 16.8. The molecule has 1 aliphatic rings. The van der Waals surface area contributed by atoms with E-state index in [-0.39, 0.29) is 5.91 Å². The van der Waals surface area contributed by atoms with Gasteiger partial charge in [0.2, 0.25) is 5.91 Å². The molecule has 2 atom stereocenters. The van der Waals surface area contributed by atoms with Crippen LogP contribution in [0.5, 0.6) is 0 Å². The Kier molecular flexibility index (Phi) is 6.66. The fourth-order valence-corrected chi connectivity index (χ4v) is 3.16. The zero-order chi connectivity index (χ0) is 15.8. The number of carbonyl (C=O) groups excluding carboxylic acids is 1. The maximum Gasteiger partial charge on any atom is 0.244 e. The van der Waals surface area contributed by atoms with Crippen molar-refractivity contribution in [3.05, 3.63) is 41.5 Å². The molecule has 2 rings (SSSR count). The van der Waals surface area contributed by atoms with Gasteiger partial charge in [-0.15, -0.1) is 0 Å². The minimum absolute atomic E-state index is 0.00296. The maximum absolute atomic E-state index is 11.8. The molecule has 1 aliphatic heterocycles. The second-order valence-corrected chi connectivity index (χ2v) is 6.45. The first-order valence-electron chi connectivity index (χ1n) is 8.52. The van der Waals surface area contributed by atoms with Crippen LogP contribution in [0.15, 0.2) is 30.3 Å². The molecule has 0 aliphatic carbocycles. The molecule has 22 heavy (non-hydrogen) atoms. The van der Waals surface area contributed by atoms with E-state index in [2.05, 4.69) is 31.3 Å². The van der Waals surface area contributed by atoms with Crippen LogP contribution in [-0.2, 0) is 4.79 Å². The van der Waals surface area contributed by atoms with Crippen LogP contribution in [0.3, 0.4) is 0 Å². The van der Waals surface area contributed by atoms with E-state index in [1.165, 1.54) is 37.9 Å². The molecular formula is C19H29N2O+. The van der Waals surface area contributed by atoms with Crippen LogP contribution in [0.1, 0.15) is 43.7 Å². The molecule has 1 saturated heterocycles. The minimum atomic E-state index is 0.00296. The van der Waals surface area contributed by atoms with Crippen LogP contribution in [0, 0.1) is 6.92 Å². The summed E-state index contributed by atoms with van der Waals surface area (Å²) < 4.78 is 0. The Morgan fingerprint density at radius 3 is 3.05 bits per heavy atom. The Hall–Kier alpha value is -1.61. The van der Waals surface area contributed by atoms with Crippen molar-refractivity contribution in [2.45, 2.75) is 45.6 Å². The lowest BCUT2D eigenvalue weighted by molar-refractivity contribution is -0.928. The standard InChI is InChI=1S/C19H28N2O/c1-16-7-5-9-18(15-16)10-11-19(22)20-12-6-14-21-13-4-3-8-17(21)2/h5,7,9-11,15,17H,3-4,6,8,12-14H2,1-2H3,(H,20,22)/p+1/b11-10+/t17-/m1/s1. The monoisotopic (exact) mass is 301 g/mol. The van der Waals surface area contributed by atoms with E-state index in [0.717, 1.165) is 24.6 Å². The van der Waals surface area contributed by atoms with Crippen molar-refractivity contribution in [3.63, 3.8) is 0 Å². The normalized spacial score (nSPS) is 21.9. The topological polar surface area (TPSA) is 33.5 Å². The summed E-state index contributed by atoms with van der Waals surface area (Å²) in [4.78, 5) is 13.5. The molecule has 1 amide bonds. The Bertz CT molecular complexity index is 510. The van der Waals surface area contributed by atoms with Crippen LogP contribution < -0.4 is 10.2 Å². The van der Waals surface area contributed by atoms with Gasteiger partial charge >= 0.3 is 0 Å². The van der Waals surface area contributed by atoms with Crippen molar-refractivity contribution >= 4 is 12.0 Å². The van der Waals surface area contributed by atoms with E-state index in [0.29, 0.717) is 0 Å². The molecule has 2 N–H and O–H groups in total. The van der Waals surface area contributed by atoms with Crippen LogP contribution in [0.2, 0.25) is 0 Å². The predicted octanol–water partition coefficient (Wildman–Crippen LogP) is 1.97. The highest BCUT2D eigenvalue weighted by Crippen LogP contribution is 2.05. The zero-order valence-corrected chi connectivity index (χ0v) is 13.9. The van der Waals surface area contributed by atoms with Gasteiger partial charge in [-0.05, 0) is 44.7 Å². The molecule has 0 bridgehead atoms. The highest BCUT2D eigenvalue weighted by Gasteiger charge is 2.20. The molecule has 1 heterocycles. The van der Waals surface area contributed by atoms with Crippen molar-refractivity contribution in [2.75, 3.05) is 19.6 Å². The number of likely N-dealkylation sites (tertiary alicyclic amines) is 1. The van der Waals surface area contributed by atoms with Gasteiger partial charge in [0.15, 0.2) is 0 Å². The second-order valence-electron chi connectivity index (χ2n) is 6.45. The summed E-state index contributed by atoms with van der Waals surface area (Å²) in [7, 11) is 0. The summed E-state index contributed by atoms with van der Waals surface area (Å²) in [6.07, 6.45) is 8.65. The third kappa shape index (κ3) is 5.64. The first-order chi connectivity index (χ1) is 10.6. The van der Waals surface area contributed by atoms with Crippen LogP contribution in [-0.4, -0.2) is 31.6 Å². The van der Waals surface area contributed by atoms with Gasteiger partial charge in [-0.25, -0.2) is 0 Å². The maximum atomic E-state index is 11.8. The SMILES string of the molecule is Cc1cccc(/C=C/C(=O)NCCC[NH+]2CCCC[C@H]2C)c1. The van der Waals surface area contributed by atoms with Crippen molar-refractivity contribution in [1.29, 1.82) is 0 Å². The molecule has 0 radical (unpaired) electrons. The summed E-state index contributed by atoms with van der Waals surface area (Å²) in [5, 5.41) is 2.98. The molecule has 1 fully saturated rings. The molecule has 0 spiro atoms. The van der Waals surface area contributed by atoms with Crippen LogP contribution in [0.4, 0.5) is 0 Å². The predicted molar refractivity (Wildman–Crippen MR) is 91.8 cm³/mol. The largest absolute Gasteiger partial charge is 0.352 e. The van der Waals surface area contributed by atoms with Crippen molar-refractivity contribution in [3.8, 4) is 0 Å². The molecule has 1 unspecified atom stereocenters. The molecule has 1 aromatic carbocycles. The quantitative estimate of drug-likeness (QED) is 0.611. The lowest BCUT2D eigenvalue weighted by atomic mass is 10.0. The number of nitrogens with one attached hydrogen (secondary N) is 2.